The molecular formula is C34H46N4O3. The van der Waals surface area contributed by atoms with Crippen LogP contribution in [0.25, 0.3) is 10.9 Å². The van der Waals surface area contributed by atoms with Crippen molar-refractivity contribution in [3.05, 3.63) is 71.9 Å². The second kappa shape index (κ2) is 12.9. The first-order valence-corrected chi connectivity index (χ1v) is 15.0. The average molecular weight is 559 g/mol. The molecule has 0 aliphatic carbocycles. The molecule has 2 aromatic carbocycles. The number of carbonyl (C=O) groups is 3. The van der Waals surface area contributed by atoms with Gasteiger partial charge in [-0.15, -0.1) is 0 Å². The van der Waals surface area contributed by atoms with Gasteiger partial charge in [-0.3, -0.25) is 14.4 Å². The maximum absolute atomic E-state index is 14.1. The molecule has 4 rings (SSSR count). The Bertz CT molecular complexity index is 1360. The number of benzene rings is 2. The number of para-hydroxylation sites is 1. The van der Waals surface area contributed by atoms with Crippen LogP contribution >= 0.6 is 0 Å². The summed E-state index contributed by atoms with van der Waals surface area (Å²) in [6, 6.07) is 19.4. The van der Waals surface area contributed by atoms with Crippen molar-refractivity contribution < 1.29 is 14.4 Å². The minimum absolute atomic E-state index is 0.0311. The second-order valence-electron chi connectivity index (χ2n) is 12.6. The Labute approximate surface area is 244 Å². The lowest BCUT2D eigenvalue weighted by Crippen LogP contribution is -2.57. The van der Waals surface area contributed by atoms with Crippen molar-refractivity contribution in [1.29, 1.82) is 0 Å². The van der Waals surface area contributed by atoms with Crippen LogP contribution in [0.3, 0.4) is 0 Å². The van der Waals surface area contributed by atoms with Gasteiger partial charge in [0.05, 0.1) is 0 Å². The van der Waals surface area contributed by atoms with E-state index in [-0.39, 0.29) is 29.7 Å². The minimum Gasteiger partial charge on any atom is -0.344 e. The summed E-state index contributed by atoms with van der Waals surface area (Å²) in [5, 5.41) is 4.09. The summed E-state index contributed by atoms with van der Waals surface area (Å²) in [5.74, 6) is -0.339. The Balaban J connectivity index is 1.59. The molecule has 7 nitrogen and oxygen atoms in total. The van der Waals surface area contributed by atoms with E-state index in [1.165, 1.54) is 5.56 Å². The number of likely N-dealkylation sites (tertiary alicyclic amines) is 1. The highest BCUT2D eigenvalue weighted by Crippen LogP contribution is 2.27. The van der Waals surface area contributed by atoms with Crippen LogP contribution in [0.1, 0.15) is 69.9 Å². The van der Waals surface area contributed by atoms with E-state index in [1.54, 1.807) is 0 Å². The van der Waals surface area contributed by atoms with Crippen LogP contribution in [0, 0.1) is 11.3 Å². The molecule has 1 aromatic heterocycles. The lowest BCUT2D eigenvalue weighted by Gasteiger charge is -2.37. The van der Waals surface area contributed by atoms with Crippen molar-refractivity contribution in [1.82, 2.24) is 19.7 Å². The number of hydrogen-bond acceptors (Lipinski definition) is 3. The number of rotatable bonds is 10. The summed E-state index contributed by atoms with van der Waals surface area (Å²) < 4.78 is 1.96. The van der Waals surface area contributed by atoms with E-state index in [0.717, 1.165) is 36.6 Å². The SMILES string of the molecule is CC[C@@H](C)C(=O)N[C@H](C(=O)N1CCC[C@H]1CN(CCc1ccccc1)C(=O)c1cc2ccccc2n1C)C(C)(C)C. The number of carbonyl (C=O) groups excluding carboxylic acids is 3. The Kier molecular flexibility index (Phi) is 9.57. The third-order valence-corrected chi connectivity index (χ3v) is 8.52. The molecule has 3 atom stereocenters. The molecule has 1 aliphatic rings. The fourth-order valence-corrected chi connectivity index (χ4v) is 5.70. The van der Waals surface area contributed by atoms with Gasteiger partial charge in [-0.25, -0.2) is 0 Å². The van der Waals surface area contributed by atoms with Crippen LogP contribution in [0.2, 0.25) is 0 Å². The van der Waals surface area contributed by atoms with Crippen LogP contribution < -0.4 is 5.32 Å². The molecule has 1 saturated heterocycles. The molecule has 7 heteroatoms. The Morgan fingerprint density at radius 3 is 2.39 bits per heavy atom. The first-order chi connectivity index (χ1) is 19.5. The van der Waals surface area contributed by atoms with Crippen LogP contribution in [0.4, 0.5) is 0 Å². The van der Waals surface area contributed by atoms with Gasteiger partial charge in [-0.1, -0.05) is 83.1 Å². The van der Waals surface area contributed by atoms with Crippen LogP contribution in [-0.2, 0) is 23.1 Å². The van der Waals surface area contributed by atoms with E-state index < -0.39 is 11.5 Å². The summed E-state index contributed by atoms with van der Waals surface area (Å²) >= 11 is 0. The Hall–Kier alpha value is -3.61. The van der Waals surface area contributed by atoms with Gasteiger partial charge in [0.2, 0.25) is 11.8 Å². The van der Waals surface area contributed by atoms with Crippen molar-refractivity contribution in [3.8, 4) is 0 Å². The number of aryl methyl sites for hydroxylation is 1. The van der Waals surface area contributed by atoms with Gasteiger partial charge < -0.3 is 19.7 Å². The maximum Gasteiger partial charge on any atom is 0.270 e. The quantitative estimate of drug-likeness (QED) is 0.361. The molecule has 41 heavy (non-hydrogen) atoms. The Morgan fingerprint density at radius 2 is 1.73 bits per heavy atom. The summed E-state index contributed by atoms with van der Waals surface area (Å²) in [6.07, 6.45) is 3.15. The van der Waals surface area contributed by atoms with Crippen molar-refractivity contribution in [3.63, 3.8) is 0 Å². The zero-order valence-electron chi connectivity index (χ0n) is 25.5. The van der Waals surface area contributed by atoms with Gasteiger partial charge in [0.1, 0.15) is 11.7 Å². The van der Waals surface area contributed by atoms with Gasteiger partial charge >= 0.3 is 0 Å². The number of fused-ring (bicyclic) bond motifs is 1. The van der Waals surface area contributed by atoms with E-state index in [2.05, 4.69) is 17.4 Å². The largest absolute Gasteiger partial charge is 0.344 e. The molecule has 0 radical (unpaired) electrons. The van der Waals surface area contributed by atoms with Crippen molar-refractivity contribution in [2.24, 2.45) is 18.4 Å². The molecule has 1 N–H and O–H groups in total. The summed E-state index contributed by atoms with van der Waals surface area (Å²) in [5.41, 5.74) is 2.38. The number of amides is 3. The molecule has 0 bridgehead atoms. The van der Waals surface area contributed by atoms with Gasteiger partial charge in [0.25, 0.3) is 5.91 Å². The standard InChI is InChI=1S/C34H46N4O3/c1-7-24(2)31(39)35-30(34(3,4)5)33(41)38-20-13-17-27(38)23-37(21-19-25-14-9-8-10-15-25)32(40)29-22-26-16-11-12-18-28(26)36(29)6/h8-12,14-16,18,22,24,27,30H,7,13,17,19-21,23H2,1-6H3,(H,35,39)/t24-,27+,30-/m1/s1. The zero-order valence-corrected chi connectivity index (χ0v) is 25.5. The summed E-state index contributed by atoms with van der Waals surface area (Å²) in [4.78, 5) is 44.8. The highest BCUT2D eigenvalue weighted by atomic mass is 16.2. The first kappa shape index (κ1) is 30.4. The van der Waals surface area contributed by atoms with Gasteiger partial charge in [0.15, 0.2) is 0 Å². The predicted octanol–water partition coefficient (Wildman–Crippen LogP) is 5.43. The van der Waals surface area contributed by atoms with Gasteiger partial charge in [-0.2, -0.15) is 0 Å². The molecule has 3 aromatic rings. The van der Waals surface area contributed by atoms with E-state index >= 15 is 0 Å². The molecule has 1 fully saturated rings. The van der Waals surface area contributed by atoms with Crippen molar-refractivity contribution in [2.75, 3.05) is 19.6 Å². The lowest BCUT2D eigenvalue weighted by atomic mass is 9.85. The van der Waals surface area contributed by atoms with Crippen molar-refractivity contribution >= 4 is 28.6 Å². The molecule has 220 valence electrons. The molecule has 1 aliphatic heterocycles. The molecule has 2 heterocycles. The first-order valence-electron chi connectivity index (χ1n) is 15.0. The van der Waals surface area contributed by atoms with Gasteiger partial charge in [-0.05, 0) is 48.8 Å². The maximum atomic E-state index is 14.1. The van der Waals surface area contributed by atoms with Crippen molar-refractivity contribution in [2.45, 2.75) is 72.4 Å². The summed E-state index contributed by atoms with van der Waals surface area (Å²) in [6.45, 7) is 11.5. The normalized spacial score (nSPS) is 16.9. The molecule has 0 spiro atoms. The highest BCUT2D eigenvalue weighted by Gasteiger charge is 2.41. The van der Waals surface area contributed by atoms with Crippen LogP contribution in [0.5, 0.6) is 0 Å². The number of nitrogens with one attached hydrogen (secondary N) is 1. The van der Waals surface area contributed by atoms with E-state index in [0.29, 0.717) is 25.3 Å². The molecular weight excluding hydrogens is 512 g/mol. The smallest absolute Gasteiger partial charge is 0.270 e. The third-order valence-electron chi connectivity index (χ3n) is 8.52. The monoisotopic (exact) mass is 558 g/mol. The topological polar surface area (TPSA) is 74.7 Å². The number of hydrogen-bond donors (Lipinski definition) is 1. The predicted molar refractivity (Wildman–Crippen MR) is 165 cm³/mol. The molecule has 0 saturated carbocycles. The van der Waals surface area contributed by atoms with Crippen LogP contribution in [-0.4, -0.2) is 63.8 Å². The fourth-order valence-electron chi connectivity index (χ4n) is 5.70. The zero-order chi connectivity index (χ0) is 29.7. The molecule has 0 unspecified atom stereocenters. The number of nitrogens with zero attached hydrogens (tertiary/aromatic N) is 3. The fraction of sp³-hybridized carbons (Fsp3) is 0.500. The van der Waals surface area contributed by atoms with Crippen LogP contribution in [0.15, 0.2) is 60.7 Å². The third kappa shape index (κ3) is 7.00. The molecule has 3 amide bonds. The summed E-state index contributed by atoms with van der Waals surface area (Å²) in [7, 11) is 1.93. The Morgan fingerprint density at radius 1 is 1.05 bits per heavy atom. The highest BCUT2D eigenvalue weighted by molar-refractivity contribution is 5.99. The van der Waals surface area contributed by atoms with E-state index in [1.807, 2.05) is 105 Å². The minimum atomic E-state index is -0.628. The van der Waals surface area contributed by atoms with E-state index in [4.69, 9.17) is 0 Å². The lowest BCUT2D eigenvalue weighted by molar-refractivity contribution is -0.141. The average Bonchev–Trinajstić information content (AvgIpc) is 3.56. The van der Waals surface area contributed by atoms with Gasteiger partial charge in [0, 0.05) is 49.5 Å². The van der Waals surface area contributed by atoms with E-state index in [9.17, 15) is 14.4 Å². The second-order valence-corrected chi connectivity index (χ2v) is 12.6. The number of aromatic nitrogens is 1.